The average Bonchev–Trinajstić information content (AvgIpc) is 3.12. The lowest BCUT2D eigenvalue weighted by molar-refractivity contribution is 0.251. The van der Waals surface area contributed by atoms with Gasteiger partial charge in [-0.2, -0.15) is 0 Å². The number of furan rings is 1. The minimum absolute atomic E-state index is 0.403. The Morgan fingerprint density at radius 2 is 1.62 bits per heavy atom. The summed E-state index contributed by atoms with van der Waals surface area (Å²) in [5.74, 6) is 2.45. The highest BCUT2D eigenvalue weighted by Crippen LogP contribution is 2.26. The second-order valence-electron chi connectivity index (χ2n) is 7.03. The van der Waals surface area contributed by atoms with Crippen LogP contribution in [0.1, 0.15) is 49.3 Å². The third-order valence-electron chi connectivity index (χ3n) is 4.55. The summed E-state index contributed by atoms with van der Waals surface area (Å²) in [6.45, 7) is 4.53. The molecule has 1 unspecified atom stereocenters. The molecule has 26 heavy (non-hydrogen) atoms. The summed E-state index contributed by atoms with van der Waals surface area (Å²) in [6, 6.07) is 22.6. The maximum atomic E-state index is 6.31. The van der Waals surface area contributed by atoms with E-state index >= 15 is 0 Å². The summed E-state index contributed by atoms with van der Waals surface area (Å²) in [7, 11) is 0. The molecular formula is C23H27NO2. The standard InChI is InChI=1S/C23H27NO2/c1-3-15-23(2,24)22-14-13-21(26-22)17-25-20-11-9-19(10-12-20)16-18-7-5-4-6-8-18/h4-14H,3,15-17,24H2,1-2H3. The van der Waals surface area contributed by atoms with Gasteiger partial charge in [0.2, 0.25) is 0 Å². The number of benzene rings is 2. The molecule has 0 spiro atoms. The van der Waals surface area contributed by atoms with Crippen molar-refractivity contribution in [3.05, 3.63) is 89.4 Å². The molecule has 3 heteroatoms. The second-order valence-corrected chi connectivity index (χ2v) is 7.03. The van der Waals surface area contributed by atoms with Crippen LogP contribution in [0.3, 0.4) is 0 Å². The summed E-state index contributed by atoms with van der Waals surface area (Å²) in [4.78, 5) is 0. The fraction of sp³-hybridized carbons (Fsp3) is 0.304. The number of nitrogens with two attached hydrogens (primary N) is 1. The van der Waals surface area contributed by atoms with Crippen LogP contribution < -0.4 is 10.5 Å². The van der Waals surface area contributed by atoms with E-state index in [1.807, 2.05) is 37.3 Å². The van der Waals surface area contributed by atoms with Crippen molar-refractivity contribution in [2.75, 3.05) is 0 Å². The molecule has 1 aromatic heterocycles. The van der Waals surface area contributed by atoms with Gasteiger partial charge in [-0.3, -0.25) is 0 Å². The molecule has 0 amide bonds. The van der Waals surface area contributed by atoms with Crippen molar-refractivity contribution >= 4 is 0 Å². The van der Waals surface area contributed by atoms with E-state index in [0.29, 0.717) is 6.61 Å². The van der Waals surface area contributed by atoms with Gasteiger partial charge in [0.15, 0.2) is 0 Å². The van der Waals surface area contributed by atoms with Crippen LogP contribution in [0, 0.1) is 0 Å². The van der Waals surface area contributed by atoms with E-state index in [9.17, 15) is 0 Å². The Morgan fingerprint density at radius 3 is 2.31 bits per heavy atom. The monoisotopic (exact) mass is 349 g/mol. The van der Waals surface area contributed by atoms with Crippen LogP contribution in [0.15, 0.2) is 71.1 Å². The van der Waals surface area contributed by atoms with Gasteiger partial charge >= 0.3 is 0 Å². The second kappa shape index (κ2) is 8.24. The molecule has 136 valence electrons. The normalized spacial score (nSPS) is 13.3. The van der Waals surface area contributed by atoms with Crippen molar-refractivity contribution in [3.63, 3.8) is 0 Å². The van der Waals surface area contributed by atoms with Crippen molar-refractivity contribution < 1.29 is 9.15 Å². The molecule has 3 nitrogen and oxygen atoms in total. The molecule has 0 bridgehead atoms. The lowest BCUT2D eigenvalue weighted by atomic mass is 9.95. The zero-order valence-electron chi connectivity index (χ0n) is 15.6. The minimum Gasteiger partial charge on any atom is -0.486 e. The Kier molecular flexibility index (Phi) is 5.79. The summed E-state index contributed by atoms with van der Waals surface area (Å²) >= 11 is 0. The minimum atomic E-state index is -0.425. The largest absolute Gasteiger partial charge is 0.486 e. The van der Waals surface area contributed by atoms with Gasteiger partial charge in [-0.05, 0) is 55.2 Å². The number of rotatable bonds is 8. The fourth-order valence-corrected chi connectivity index (χ4v) is 3.09. The summed E-state index contributed by atoms with van der Waals surface area (Å²) in [6.07, 6.45) is 2.84. The quantitative estimate of drug-likeness (QED) is 0.590. The molecule has 0 saturated carbocycles. The summed E-state index contributed by atoms with van der Waals surface area (Å²) < 4.78 is 11.7. The predicted octanol–water partition coefficient (Wildman–Crippen LogP) is 5.42. The lowest BCUT2D eigenvalue weighted by Crippen LogP contribution is -2.32. The van der Waals surface area contributed by atoms with Gasteiger partial charge in [0.1, 0.15) is 23.9 Å². The first-order valence-electron chi connectivity index (χ1n) is 9.20. The molecule has 1 heterocycles. The highest BCUT2D eigenvalue weighted by Gasteiger charge is 2.24. The lowest BCUT2D eigenvalue weighted by Gasteiger charge is -2.21. The number of hydrogen-bond donors (Lipinski definition) is 1. The third-order valence-corrected chi connectivity index (χ3v) is 4.55. The maximum Gasteiger partial charge on any atom is 0.146 e. The Labute approximate surface area is 155 Å². The van der Waals surface area contributed by atoms with E-state index in [1.165, 1.54) is 11.1 Å². The van der Waals surface area contributed by atoms with E-state index in [1.54, 1.807) is 0 Å². The molecule has 0 radical (unpaired) electrons. The van der Waals surface area contributed by atoms with E-state index < -0.39 is 5.54 Å². The van der Waals surface area contributed by atoms with E-state index in [-0.39, 0.29) is 0 Å². The molecule has 0 saturated heterocycles. The molecule has 0 fully saturated rings. The van der Waals surface area contributed by atoms with Gasteiger partial charge in [0.25, 0.3) is 0 Å². The topological polar surface area (TPSA) is 48.4 Å². The molecule has 3 aromatic rings. The highest BCUT2D eigenvalue weighted by molar-refractivity contribution is 5.31. The van der Waals surface area contributed by atoms with Gasteiger partial charge in [-0.15, -0.1) is 0 Å². The van der Waals surface area contributed by atoms with Gasteiger partial charge in [0, 0.05) is 0 Å². The Morgan fingerprint density at radius 1 is 0.923 bits per heavy atom. The van der Waals surface area contributed by atoms with Gasteiger partial charge in [-0.25, -0.2) is 0 Å². The molecular weight excluding hydrogens is 322 g/mol. The molecule has 2 N–H and O–H groups in total. The van der Waals surface area contributed by atoms with Gasteiger partial charge in [-0.1, -0.05) is 55.8 Å². The first kappa shape index (κ1) is 18.3. The van der Waals surface area contributed by atoms with Crippen LogP contribution >= 0.6 is 0 Å². The van der Waals surface area contributed by atoms with E-state index in [2.05, 4.69) is 43.3 Å². The molecule has 2 aromatic carbocycles. The third kappa shape index (κ3) is 4.77. The van der Waals surface area contributed by atoms with Crippen LogP contribution in [0.4, 0.5) is 0 Å². The highest BCUT2D eigenvalue weighted by atomic mass is 16.5. The fourth-order valence-electron chi connectivity index (χ4n) is 3.09. The van der Waals surface area contributed by atoms with Crippen LogP contribution in [0.25, 0.3) is 0 Å². The molecule has 3 rings (SSSR count). The summed E-state index contributed by atoms with van der Waals surface area (Å²) in [5, 5.41) is 0. The number of ether oxygens (including phenoxy) is 1. The van der Waals surface area contributed by atoms with Crippen molar-refractivity contribution in [1.29, 1.82) is 0 Å². The molecule has 0 aliphatic rings. The predicted molar refractivity (Wildman–Crippen MR) is 105 cm³/mol. The Bertz CT molecular complexity index is 804. The van der Waals surface area contributed by atoms with Crippen molar-refractivity contribution in [1.82, 2.24) is 0 Å². The van der Waals surface area contributed by atoms with Crippen LogP contribution in [-0.4, -0.2) is 0 Å². The maximum absolute atomic E-state index is 6.31. The Balaban J connectivity index is 1.56. The zero-order valence-corrected chi connectivity index (χ0v) is 15.6. The zero-order chi connectivity index (χ0) is 18.4. The van der Waals surface area contributed by atoms with Crippen LogP contribution in [-0.2, 0) is 18.6 Å². The first-order chi connectivity index (χ1) is 12.6. The first-order valence-corrected chi connectivity index (χ1v) is 9.20. The summed E-state index contributed by atoms with van der Waals surface area (Å²) in [5.41, 5.74) is 8.46. The van der Waals surface area contributed by atoms with Gasteiger partial charge in [0.05, 0.1) is 5.54 Å². The molecule has 0 aliphatic carbocycles. The van der Waals surface area contributed by atoms with Crippen LogP contribution in [0.2, 0.25) is 0 Å². The molecule has 1 atom stereocenters. The van der Waals surface area contributed by atoms with E-state index in [4.69, 9.17) is 14.9 Å². The van der Waals surface area contributed by atoms with E-state index in [0.717, 1.165) is 36.5 Å². The van der Waals surface area contributed by atoms with Crippen LogP contribution in [0.5, 0.6) is 5.75 Å². The van der Waals surface area contributed by atoms with Gasteiger partial charge < -0.3 is 14.9 Å². The SMILES string of the molecule is CCCC(C)(N)c1ccc(COc2ccc(Cc3ccccc3)cc2)o1. The average molecular weight is 349 g/mol. The van der Waals surface area contributed by atoms with Crippen molar-refractivity contribution in [2.24, 2.45) is 5.73 Å². The van der Waals surface area contributed by atoms with Crippen molar-refractivity contribution in [2.45, 2.75) is 45.3 Å². The smallest absolute Gasteiger partial charge is 0.146 e. The number of hydrogen-bond acceptors (Lipinski definition) is 3. The van der Waals surface area contributed by atoms with Crippen molar-refractivity contribution in [3.8, 4) is 5.75 Å². The Hall–Kier alpha value is -2.52. The molecule has 0 aliphatic heterocycles.